The lowest BCUT2D eigenvalue weighted by Gasteiger charge is -2.19. The van der Waals surface area contributed by atoms with Crippen LogP contribution in [0.1, 0.15) is 51.0 Å². The maximum Gasteiger partial charge on any atom is 0.251 e. The van der Waals surface area contributed by atoms with E-state index in [-0.39, 0.29) is 5.91 Å². The van der Waals surface area contributed by atoms with Crippen molar-refractivity contribution in [3.63, 3.8) is 0 Å². The molecule has 114 valence electrons. The molecule has 1 aromatic heterocycles. The summed E-state index contributed by atoms with van der Waals surface area (Å²) >= 11 is 1.75. The van der Waals surface area contributed by atoms with Crippen LogP contribution >= 0.6 is 11.3 Å². The Morgan fingerprint density at radius 3 is 3.00 bits per heavy atom. The zero-order valence-corrected chi connectivity index (χ0v) is 13.0. The fraction of sp³-hybridized carbons (Fsp3) is 0.353. The van der Waals surface area contributed by atoms with Gasteiger partial charge < -0.3 is 15.7 Å². The molecule has 4 rings (SSSR count). The highest BCUT2D eigenvalue weighted by molar-refractivity contribution is 7.10. The highest BCUT2D eigenvalue weighted by Crippen LogP contribution is 2.35. The van der Waals surface area contributed by atoms with Gasteiger partial charge in [0.05, 0.1) is 0 Å². The minimum Gasteiger partial charge on any atom is -0.369 e. The van der Waals surface area contributed by atoms with Gasteiger partial charge in [-0.25, -0.2) is 0 Å². The number of nitrogens with one attached hydrogen (secondary N) is 2. The van der Waals surface area contributed by atoms with Crippen LogP contribution in [0.2, 0.25) is 0 Å². The number of anilines is 1. The summed E-state index contributed by atoms with van der Waals surface area (Å²) in [6, 6.07) is 5.59. The number of aliphatic hydroxyl groups is 1. The van der Waals surface area contributed by atoms with E-state index in [9.17, 15) is 9.90 Å². The summed E-state index contributed by atoms with van der Waals surface area (Å²) in [5, 5.41) is 18.7. The molecule has 5 heteroatoms. The summed E-state index contributed by atoms with van der Waals surface area (Å²) in [7, 11) is 0. The van der Waals surface area contributed by atoms with Gasteiger partial charge in [-0.1, -0.05) is 6.07 Å². The molecule has 22 heavy (non-hydrogen) atoms. The monoisotopic (exact) mass is 314 g/mol. The number of aliphatic hydroxyl groups excluding tert-OH is 1. The summed E-state index contributed by atoms with van der Waals surface area (Å²) in [6.45, 7) is 0.520. The Hall–Kier alpha value is -1.85. The zero-order valence-electron chi connectivity index (χ0n) is 12.2. The van der Waals surface area contributed by atoms with E-state index in [0.717, 1.165) is 29.7 Å². The molecule has 0 radical (unpaired) electrons. The van der Waals surface area contributed by atoms with E-state index in [4.69, 9.17) is 0 Å². The van der Waals surface area contributed by atoms with Gasteiger partial charge in [0, 0.05) is 33.8 Å². The second-order valence-electron chi connectivity index (χ2n) is 5.86. The molecule has 0 saturated heterocycles. The molecule has 3 N–H and O–H groups in total. The predicted octanol–water partition coefficient (Wildman–Crippen LogP) is 2.97. The van der Waals surface area contributed by atoms with Gasteiger partial charge in [0.1, 0.15) is 0 Å². The molecule has 1 atom stereocenters. The molecule has 2 aromatic rings. The van der Waals surface area contributed by atoms with Gasteiger partial charge in [0.15, 0.2) is 6.23 Å². The lowest BCUT2D eigenvalue weighted by atomic mass is 9.95. The Balaban J connectivity index is 1.62. The first-order valence-corrected chi connectivity index (χ1v) is 8.56. The molecule has 2 aliphatic rings. The maximum atomic E-state index is 11.7. The van der Waals surface area contributed by atoms with Crippen molar-refractivity contribution in [3.8, 4) is 0 Å². The lowest BCUT2D eigenvalue weighted by molar-refractivity contribution is 0.0965. The van der Waals surface area contributed by atoms with Crippen LogP contribution in [0.5, 0.6) is 0 Å². The van der Waals surface area contributed by atoms with Crippen LogP contribution in [0.15, 0.2) is 23.6 Å². The average molecular weight is 314 g/mol. The Morgan fingerprint density at radius 2 is 2.09 bits per heavy atom. The van der Waals surface area contributed by atoms with Gasteiger partial charge >= 0.3 is 0 Å². The molecule has 2 heterocycles. The van der Waals surface area contributed by atoms with E-state index in [0.29, 0.717) is 12.1 Å². The van der Waals surface area contributed by atoms with Crippen molar-refractivity contribution in [2.45, 2.75) is 38.5 Å². The Morgan fingerprint density at radius 1 is 1.23 bits per heavy atom. The van der Waals surface area contributed by atoms with Crippen molar-refractivity contribution < 1.29 is 9.90 Å². The van der Waals surface area contributed by atoms with Gasteiger partial charge in [0.2, 0.25) is 0 Å². The van der Waals surface area contributed by atoms with Crippen molar-refractivity contribution in [2.24, 2.45) is 0 Å². The second kappa shape index (κ2) is 5.41. The van der Waals surface area contributed by atoms with Crippen LogP contribution in [0.3, 0.4) is 0 Å². The molecule has 0 fully saturated rings. The van der Waals surface area contributed by atoms with Crippen molar-refractivity contribution in [1.29, 1.82) is 0 Å². The number of carbonyl (C=O) groups is 1. The van der Waals surface area contributed by atoms with Crippen LogP contribution in [0.4, 0.5) is 5.69 Å². The predicted molar refractivity (Wildman–Crippen MR) is 87.2 cm³/mol. The smallest absolute Gasteiger partial charge is 0.251 e. The molecule has 1 aromatic carbocycles. The van der Waals surface area contributed by atoms with Crippen LogP contribution in [0.25, 0.3) is 0 Å². The second-order valence-corrected chi connectivity index (χ2v) is 6.83. The SMILES string of the molecule is O=C1NCc2c(NC(O)c3csc4c3CCCC4)cccc21. The van der Waals surface area contributed by atoms with Crippen LogP contribution in [-0.4, -0.2) is 11.0 Å². The summed E-state index contributed by atoms with van der Waals surface area (Å²) in [6.07, 6.45) is 3.91. The van der Waals surface area contributed by atoms with Crippen molar-refractivity contribution in [2.75, 3.05) is 5.32 Å². The van der Waals surface area contributed by atoms with E-state index in [1.807, 2.05) is 18.2 Å². The van der Waals surface area contributed by atoms with Gasteiger partial charge in [-0.05, 0) is 48.8 Å². The van der Waals surface area contributed by atoms with Crippen LogP contribution < -0.4 is 10.6 Å². The normalized spacial score (nSPS) is 17.6. The minimum absolute atomic E-state index is 0.0407. The molecule has 4 nitrogen and oxygen atoms in total. The van der Waals surface area contributed by atoms with Gasteiger partial charge in [-0.15, -0.1) is 11.3 Å². The number of carbonyl (C=O) groups excluding carboxylic acids is 1. The summed E-state index contributed by atoms with van der Waals surface area (Å²) in [4.78, 5) is 13.1. The zero-order chi connectivity index (χ0) is 15.1. The first-order chi connectivity index (χ1) is 10.7. The van der Waals surface area contributed by atoms with Crippen molar-refractivity contribution in [3.05, 3.63) is 50.7 Å². The number of amides is 1. The fourth-order valence-electron chi connectivity index (χ4n) is 3.36. The quantitative estimate of drug-likeness (QED) is 0.763. The number of benzene rings is 1. The third-order valence-corrected chi connectivity index (χ3v) is 5.63. The molecule has 0 spiro atoms. The minimum atomic E-state index is -0.722. The van der Waals surface area contributed by atoms with Gasteiger partial charge in [-0.2, -0.15) is 0 Å². The number of fused-ring (bicyclic) bond motifs is 2. The Bertz CT molecular complexity index is 738. The topological polar surface area (TPSA) is 61.4 Å². The number of hydrogen-bond donors (Lipinski definition) is 3. The van der Waals surface area contributed by atoms with Crippen molar-refractivity contribution in [1.82, 2.24) is 5.32 Å². The standard InChI is InChI=1S/C17H18N2O2S/c20-16-11-5-3-6-14(12(11)8-18-16)19-17(21)13-9-22-15-7-2-1-4-10(13)15/h3,5-6,9,17,19,21H,1-2,4,7-8H2,(H,18,20). The van der Waals surface area contributed by atoms with Crippen LogP contribution in [0, 0.1) is 0 Å². The first kappa shape index (κ1) is 13.8. The molecular formula is C17H18N2O2S. The van der Waals surface area contributed by atoms with Crippen molar-refractivity contribution >= 4 is 22.9 Å². The van der Waals surface area contributed by atoms with Crippen LogP contribution in [-0.2, 0) is 19.4 Å². The number of aryl methyl sites for hydroxylation is 1. The molecule has 0 bridgehead atoms. The highest BCUT2D eigenvalue weighted by Gasteiger charge is 2.24. The van der Waals surface area contributed by atoms with E-state index in [1.54, 1.807) is 11.3 Å². The van der Waals surface area contributed by atoms with E-state index < -0.39 is 6.23 Å². The number of rotatable bonds is 3. The van der Waals surface area contributed by atoms with Gasteiger partial charge in [0.25, 0.3) is 5.91 Å². The van der Waals surface area contributed by atoms with E-state index in [1.165, 1.54) is 23.3 Å². The Labute approximate surface area is 133 Å². The number of hydrogen-bond acceptors (Lipinski definition) is 4. The van der Waals surface area contributed by atoms with E-state index >= 15 is 0 Å². The van der Waals surface area contributed by atoms with Gasteiger partial charge in [-0.3, -0.25) is 4.79 Å². The Kier molecular flexibility index (Phi) is 3.39. The fourth-order valence-corrected chi connectivity index (χ4v) is 4.53. The maximum absolute atomic E-state index is 11.7. The molecule has 1 aliphatic carbocycles. The molecule has 0 saturated carbocycles. The molecule has 1 unspecified atom stereocenters. The molecular weight excluding hydrogens is 296 g/mol. The summed E-state index contributed by atoms with van der Waals surface area (Å²) in [5.41, 5.74) is 4.78. The first-order valence-electron chi connectivity index (χ1n) is 7.68. The molecule has 1 amide bonds. The summed E-state index contributed by atoms with van der Waals surface area (Å²) < 4.78 is 0. The van der Waals surface area contributed by atoms with E-state index in [2.05, 4.69) is 16.0 Å². The summed E-state index contributed by atoms with van der Waals surface area (Å²) in [5.74, 6) is -0.0407. The number of thiophene rings is 1. The third kappa shape index (κ3) is 2.21. The largest absolute Gasteiger partial charge is 0.369 e. The molecule has 1 aliphatic heterocycles. The average Bonchev–Trinajstić information content (AvgIpc) is 3.12. The highest BCUT2D eigenvalue weighted by atomic mass is 32.1. The third-order valence-electron chi connectivity index (χ3n) is 4.53. The lowest BCUT2D eigenvalue weighted by Crippen LogP contribution is -2.14.